The summed E-state index contributed by atoms with van der Waals surface area (Å²) in [6.07, 6.45) is 5.26. The Bertz CT molecular complexity index is 656. The van der Waals surface area contributed by atoms with E-state index >= 15 is 0 Å². The van der Waals surface area contributed by atoms with Gasteiger partial charge in [-0.25, -0.2) is 9.97 Å². The Balaban J connectivity index is 1.58. The quantitative estimate of drug-likeness (QED) is 0.794. The van der Waals surface area contributed by atoms with E-state index in [4.69, 9.17) is 4.52 Å². The van der Waals surface area contributed by atoms with Crippen LogP contribution < -0.4 is 10.6 Å². The van der Waals surface area contributed by atoms with E-state index < -0.39 is 0 Å². The Kier molecular flexibility index (Phi) is 3.54. The summed E-state index contributed by atoms with van der Waals surface area (Å²) in [5, 5.41) is 9.14. The van der Waals surface area contributed by atoms with Gasteiger partial charge in [-0.1, -0.05) is 5.16 Å². The van der Waals surface area contributed by atoms with Crippen molar-refractivity contribution in [1.29, 1.82) is 0 Å². The van der Waals surface area contributed by atoms with E-state index in [1.165, 1.54) is 18.7 Å². The SMILES string of the molecule is O=C1CC[C@@H](c2nc(CNC(=O)c3cncnc3)no2)N1. The van der Waals surface area contributed by atoms with Crippen molar-refractivity contribution in [2.75, 3.05) is 0 Å². The summed E-state index contributed by atoms with van der Waals surface area (Å²) in [4.78, 5) is 34.6. The average Bonchev–Trinajstić information content (AvgIpc) is 3.14. The van der Waals surface area contributed by atoms with Crippen LogP contribution in [0.4, 0.5) is 0 Å². The minimum absolute atomic E-state index is 0.0304. The zero-order valence-electron chi connectivity index (χ0n) is 10.9. The van der Waals surface area contributed by atoms with Crippen molar-refractivity contribution in [3.8, 4) is 0 Å². The number of nitrogens with zero attached hydrogens (tertiary/aromatic N) is 4. The molecule has 108 valence electrons. The second-order valence-corrected chi connectivity index (χ2v) is 4.52. The van der Waals surface area contributed by atoms with Gasteiger partial charge in [-0.05, 0) is 6.42 Å². The number of nitrogens with one attached hydrogen (secondary N) is 2. The maximum Gasteiger partial charge on any atom is 0.254 e. The smallest absolute Gasteiger partial charge is 0.254 e. The zero-order chi connectivity index (χ0) is 14.7. The molecule has 1 atom stereocenters. The topological polar surface area (TPSA) is 123 Å². The van der Waals surface area contributed by atoms with Crippen LogP contribution in [0.25, 0.3) is 0 Å². The molecule has 0 bridgehead atoms. The van der Waals surface area contributed by atoms with Crippen molar-refractivity contribution in [1.82, 2.24) is 30.7 Å². The molecule has 9 heteroatoms. The summed E-state index contributed by atoms with van der Waals surface area (Å²) in [5.41, 5.74) is 0.351. The standard InChI is InChI=1S/C12H12N6O3/c19-10-2-1-8(16-10)12-17-9(18-21-12)5-15-11(20)7-3-13-6-14-4-7/h3-4,6,8H,1-2,5H2,(H,15,20)(H,16,19)/t8-/m0/s1. The Hall–Kier alpha value is -2.84. The minimum Gasteiger partial charge on any atom is -0.345 e. The molecule has 0 unspecified atom stereocenters. The first-order valence-corrected chi connectivity index (χ1v) is 6.37. The number of aromatic nitrogens is 4. The molecule has 0 aliphatic carbocycles. The monoisotopic (exact) mass is 288 g/mol. The first-order valence-electron chi connectivity index (χ1n) is 6.37. The van der Waals surface area contributed by atoms with Crippen molar-refractivity contribution in [3.05, 3.63) is 36.0 Å². The third kappa shape index (κ3) is 3.02. The van der Waals surface area contributed by atoms with Gasteiger partial charge in [0.2, 0.25) is 11.8 Å². The van der Waals surface area contributed by atoms with Gasteiger partial charge in [0.1, 0.15) is 12.4 Å². The molecule has 2 N–H and O–H groups in total. The Morgan fingerprint density at radius 2 is 2.24 bits per heavy atom. The van der Waals surface area contributed by atoms with Crippen LogP contribution in [0, 0.1) is 0 Å². The summed E-state index contributed by atoms with van der Waals surface area (Å²) in [6, 6.07) is -0.239. The van der Waals surface area contributed by atoms with Crippen LogP contribution in [0.15, 0.2) is 23.2 Å². The van der Waals surface area contributed by atoms with Crippen molar-refractivity contribution < 1.29 is 14.1 Å². The number of hydrogen-bond donors (Lipinski definition) is 2. The van der Waals surface area contributed by atoms with Gasteiger partial charge >= 0.3 is 0 Å². The fourth-order valence-corrected chi connectivity index (χ4v) is 1.96. The van der Waals surface area contributed by atoms with Crippen molar-refractivity contribution in [2.24, 2.45) is 0 Å². The molecule has 1 saturated heterocycles. The van der Waals surface area contributed by atoms with E-state index in [9.17, 15) is 9.59 Å². The van der Waals surface area contributed by atoms with Gasteiger partial charge in [0, 0.05) is 18.8 Å². The lowest BCUT2D eigenvalue weighted by Crippen LogP contribution is -2.23. The molecule has 1 fully saturated rings. The van der Waals surface area contributed by atoms with Crippen molar-refractivity contribution in [2.45, 2.75) is 25.4 Å². The highest BCUT2D eigenvalue weighted by Gasteiger charge is 2.27. The van der Waals surface area contributed by atoms with E-state index in [1.807, 2.05) is 0 Å². The summed E-state index contributed by atoms with van der Waals surface area (Å²) in [5.74, 6) is 0.345. The molecule has 0 spiro atoms. The van der Waals surface area contributed by atoms with E-state index in [1.54, 1.807) is 0 Å². The molecule has 0 saturated carbocycles. The van der Waals surface area contributed by atoms with E-state index in [0.717, 1.165) is 0 Å². The molecule has 0 radical (unpaired) electrons. The molecule has 2 aromatic rings. The molecular weight excluding hydrogens is 276 g/mol. The number of rotatable bonds is 4. The number of carbonyl (C=O) groups is 2. The maximum absolute atomic E-state index is 11.8. The summed E-state index contributed by atoms with van der Waals surface area (Å²) in [7, 11) is 0. The summed E-state index contributed by atoms with van der Waals surface area (Å²) >= 11 is 0. The van der Waals surface area contributed by atoms with E-state index in [0.29, 0.717) is 30.1 Å². The van der Waals surface area contributed by atoms with Crippen molar-refractivity contribution in [3.63, 3.8) is 0 Å². The van der Waals surface area contributed by atoms with Crippen LogP contribution in [0.1, 0.15) is 41.0 Å². The molecule has 3 heterocycles. The van der Waals surface area contributed by atoms with Crippen LogP contribution in [0.2, 0.25) is 0 Å². The lowest BCUT2D eigenvalue weighted by molar-refractivity contribution is -0.119. The molecular formula is C12H12N6O3. The molecule has 1 aliphatic heterocycles. The second kappa shape index (κ2) is 5.65. The molecule has 2 aromatic heterocycles. The molecule has 9 nitrogen and oxygen atoms in total. The van der Waals surface area contributed by atoms with Gasteiger partial charge in [-0.3, -0.25) is 9.59 Å². The first kappa shape index (κ1) is 13.2. The van der Waals surface area contributed by atoms with E-state index in [2.05, 4.69) is 30.7 Å². The van der Waals surface area contributed by atoms with Crippen molar-refractivity contribution >= 4 is 11.8 Å². The average molecular weight is 288 g/mol. The highest BCUT2D eigenvalue weighted by Crippen LogP contribution is 2.21. The second-order valence-electron chi connectivity index (χ2n) is 4.52. The van der Waals surface area contributed by atoms with Gasteiger partial charge in [0.05, 0.1) is 12.1 Å². The van der Waals surface area contributed by atoms with Crippen LogP contribution in [0.3, 0.4) is 0 Å². The van der Waals surface area contributed by atoms with Gasteiger partial charge < -0.3 is 15.2 Å². The molecule has 0 aromatic carbocycles. The Morgan fingerprint density at radius 3 is 2.95 bits per heavy atom. The van der Waals surface area contributed by atoms with Gasteiger partial charge in [-0.2, -0.15) is 4.98 Å². The van der Waals surface area contributed by atoms with Gasteiger partial charge in [0.25, 0.3) is 5.91 Å². The highest BCUT2D eigenvalue weighted by atomic mass is 16.5. The normalized spacial score (nSPS) is 17.5. The zero-order valence-corrected chi connectivity index (χ0v) is 10.9. The third-order valence-electron chi connectivity index (χ3n) is 3.01. The predicted octanol–water partition coefficient (Wildman–Crippen LogP) is -0.259. The lowest BCUT2D eigenvalue weighted by atomic mass is 10.2. The highest BCUT2D eigenvalue weighted by molar-refractivity contribution is 5.93. The first-order chi connectivity index (χ1) is 10.2. The summed E-state index contributed by atoms with van der Waals surface area (Å²) in [6.45, 7) is 0.123. The number of carbonyl (C=O) groups excluding carboxylic acids is 2. The Morgan fingerprint density at radius 1 is 1.43 bits per heavy atom. The Labute approximate surface area is 119 Å². The molecule has 2 amide bonds. The molecule has 21 heavy (non-hydrogen) atoms. The molecule has 1 aliphatic rings. The van der Waals surface area contributed by atoms with Crippen LogP contribution in [0.5, 0.6) is 0 Å². The minimum atomic E-state index is -0.323. The van der Waals surface area contributed by atoms with Crippen LogP contribution in [-0.4, -0.2) is 31.9 Å². The predicted molar refractivity (Wildman–Crippen MR) is 67.6 cm³/mol. The fraction of sp³-hybridized carbons (Fsp3) is 0.333. The fourth-order valence-electron chi connectivity index (χ4n) is 1.96. The lowest BCUT2D eigenvalue weighted by Gasteiger charge is -2.02. The molecule has 3 rings (SSSR count). The van der Waals surface area contributed by atoms with Gasteiger partial charge in [-0.15, -0.1) is 0 Å². The van der Waals surface area contributed by atoms with Crippen LogP contribution >= 0.6 is 0 Å². The van der Waals surface area contributed by atoms with Crippen LogP contribution in [-0.2, 0) is 11.3 Å². The maximum atomic E-state index is 11.8. The largest absolute Gasteiger partial charge is 0.345 e. The number of amides is 2. The number of hydrogen-bond acceptors (Lipinski definition) is 7. The van der Waals surface area contributed by atoms with E-state index in [-0.39, 0.29) is 24.4 Å². The van der Waals surface area contributed by atoms with Gasteiger partial charge in [0.15, 0.2) is 5.82 Å². The summed E-state index contributed by atoms with van der Waals surface area (Å²) < 4.78 is 5.08. The third-order valence-corrected chi connectivity index (χ3v) is 3.01.